The number of thiazole rings is 1. The third kappa shape index (κ3) is 4.01. The second kappa shape index (κ2) is 6.53. The van der Waals surface area contributed by atoms with Crippen LogP contribution in [0.3, 0.4) is 0 Å². The van der Waals surface area contributed by atoms with E-state index < -0.39 is 23.6 Å². The lowest BCUT2D eigenvalue weighted by atomic mass is 9.99. The predicted molar refractivity (Wildman–Crippen MR) is 73.6 cm³/mol. The van der Waals surface area contributed by atoms with Crippen LogP contribution in [0.4, 0.5) is 17.6 Å². The number of hydrogen-bond donors (Lipinski definition) is 1. The van der Waals surface area contributed by atoms with Crippen LogP contribution in [0.2, 0.25) is 0 Å². The SMILES string of the molecule is CCNC(Cc1cncs1)c1cc(C(F)(F)F)ccc1F. The van der Waals surface area contributed by atoms with Crippen molar-refractivity contribution >= 4 is 11.3 Å². The molecule has 0 saturated heterocycles. The van der Waals surface area contributed by atoms with Gasteiger partial charge in [0.15, 0.2) is 0 Å². The summed E-state index contributed by atoms with van der Waals surface area (Å²) in [5, 5.41) is 3.03. The number of halogens is 4. The number of hydrogen-bond acceptors (Lipinski definition) is 3. The largest absolute Gasteiger partial charge is 0.416 e. The molecule has 0 aliphatic rings. The van der Waals surface area contributed by atoms with Crippen LogP contribution in [-0.4, -0.2) is 11.5 Å². The summed E-state index contributed by atoms with van der Waals surface area (Å²) < 4.78 is 52.3. The van der Waals surface area contributed by atoms with E-state index in [1.807, 2.05) is 6.92 Å². The monoisotopic (exact) mass is 318 g/mol. The molecule has 1 heterocycles. The van der Waals surface area contributed by atoms with Crippen molar-refractivity contribution < 1.29 is 17.6 Å². The second-order valence-corrected chi connectivity index (χ2v) is 5.49. The van der Waals surface area contributed by atoms with Gasteiger partial charge in [-0.15, -0.1) is 11.3 Å². The van der Waals surface area contributed by atoms with Gasteiger partial charge in [0.25, 0.3) is 0 Å². The van der Waals surface area contributed by atoms with Gasteiger partial charge in [0.05, 0.1) is 11.1 Å². The molecule has 0 bridgehead atoms. The minimum atomic E-state index is -4.48. The first kappa shape index (κ1) is 15.9. The van der Waals surface area contributed by atoms with Crippen LogP contribution < -0.4 is 5.32 Å². The molecule has 114 valence electrons. The summed E-state index contributed by atoms with van der Waals surface area (Å²) in [5.74, 6) is -0.640. The molecule has 1 unspecified atom stereocenters. The van der Waals surface area contributed by atoms with E-state index in [0.717, 1.165) is 23.1 Å². The molecule has 0 radical (unpaired) electrons. The Morgan fingerprint density at radius 2 is 2.10 bits per heavy atom. The Hall–Kier alpha value is -1.47. The van der Waals surface area contributed by atoms with Gasteiger partial charge in [0, 0.05) is 29.1 Å². The molecule has 0 fully saturated rings. The zero-order chi connectivity index (χ0) is 15.5. The normalized spacial score (nSPS) is 13.4. The Balaban J connectivity index is 2.34. The van der Waals surface area contributed by atoms with Crippen molar-refractivity contribution in [2.45, 2.75) is 25.6 Å². The zero-order valence-corrected chi connectivity index (χ0v) is 12.1. The van der Waals surface area contributed by atoms with Gasteiger partial charge in [-0.2, -0.15) is 13.2 Å². The van der Waals surface area contributed by atoms with E-state index in [1.54, 1.807) is 11.7 Å². The van der Waals surface area contributed by atoms with E-state index in [-0.39, 0.29) is 5.56 Å². The molecule has 0 saturated carbocycles. The molecule has 1 atom stereocenters. The molecular weight excluding hydrogens is 304 g/mol. The maximum absolute atomic E-state index is 13.9. The van der Waals surface area contributed by atoms with Crippen LogP contribution in [0, 0.1) is 5.82 Å². The number of nitrogens with one attached hydrogen (secondary N) is 1. The molecular formula is C14H14F4N2S. The molecule has 2 rings (SSSR count). The van der Waals surface area contributed by atoms with E-state index in [9.17, 15) is 17.6 Å². The number of benzene rings is 1. The summed E-state index contributed by atoms with van der Waals surface area (Å²) in [6.07, 6.45) is -2.44. The number of rotatable bonds is 5. The number of aromatic nitrogens is 1. The molecule has 2 aromatic rings. The lowest BCUT2D eigenvalue weighted by molar-refractivity contribution is -0.137. The minimum absolute atomic E-state index is 0.0278. The Kier molecular flexibility index (Phi) is 4.95. The van der Waals surface area contributed by atoms with Gasteiger partial charge >= 0.3 is 6.18 Å². The van der Waals surface area contributed by atoms with Crippen molar-refractivity contribution in [2.75, 3.05) is 6.54 Å². The standard InChI is InChI=1S/C14H14F4N2S/c1-2-20-13(6-10-7-19-8-21-10)11-5-9(14(16,17)18)3-4-12(11)15/h3-5,7-8,13,20H,2,6H2,1H3. The fourth-order valence-electron chi connectivity index (χ4n) is 2.07. The summed E-state index contributed by atoms with van der Waals surface area (Å²) in [6.45, 7) is 2.35. The van der Waals surface area contributed by atoms with Gasteiger partial charge in [-0.05, 0) is 24.7 Å². The summed E-state index contributed by atoms with van der Waals surface area (Å²) in [7, 11) is 0. The maximum Gasteiger partial charge on any atom is 0.416 e. The summed E-state index contributed by atoms with van der Waals surface area (Å²) in [4.78, 5) is 4.81. The second-order valence-electron chi connectivity index (χ2n) is 4.52. The van der Waals surface area contributed by atoms with E-state index in [2.05, 4.69) is 10.3 Å². The molecule has 0 amide bonds. The maximum atomic E-state index is 13.9. The topological polar surface area (TPSA) is 24.9 Å². The van der Waals surface area contributed by atoms with Crippen molar-refractivity contribution in [2.24, 2.45) is 0 Å². The molecule has 1 N–H and O–H groups in total. The predicted octanol–water partition coefficient (Wildman–Crippen LogP) is 4.19. The number of likely N-dealkylation sites (N-methyl/N-ethyl adjacent to an activating group) is 1. The van der Waals surface area contributed by atoms with Crippen LogP contribution >= 0.6 is 11.3 Å². The molecule has 2 nitrogen and oxygen atoms in total. The number of nitrogens with zero attached hydrogens (tertiary/aromatic N) is 1. The first-order valence-electron chi connectivity index (χ1n) is 6.39. The minimum Gasteiger partial charge on any atom is -0.310 e. The van der Waals surface area contributed by atoms with Crippen LogP contribution in [0.5, 0.6) is 0 Å². The quantitative estimate of drug-likeness (QED) is 0.836. The third-order valence-electron chi connectivity index (χ3n) is 3.04. The Morgan fingerprint density at radius 1 is 1.33 bits per heavy atom. The fraction of sp³-hybridized carbons (Fsp3) is 0.357. The molecule has 21 heavy (non-hydrogen) atoms. The fourth-order valence-corrected chi connectivity index (χ4v) is 2.71. The number of alkyl halides is 3. The van der Waals surface area contributed by atoms with Crippen LogP contribution in [0.15, 0.2) is 29.9 Å². The first-order chi connectivity index (χ1) is 9.91. The zero-order valence-electron chi connectivity index (χ0n) is 11.2. The van der Waals surface area contributed by atoms with Gasteiger partial charge < -0.3 is 5.32 Å². The van der Waals surface area contributed by atoms with E-state index in [0.29, 0.717) is 13.0 Å². The molecule has 0 aliphatic carbocycles. The smallest absolute Gasteiger partial charge is 0.310 e. The summed E-state index contributed by atoms with van der Waals surface area (Å²) in [5.41, 5.74) is 0.826. The van der Waals surface area contributed by atoms with E-state index in [4.69, 9.17) is 0 Å². The highest BCUT2D eigenvalue weighted by Crippen LogP contribution is 2.32. The third-order valence-corrected chi connectivity index (χ3v) is 3.84. The van der Waals surface area contributed by atoms with Gasteiger partial charge in [-0.3, -0.25) is 4.98 Å². The van der Waals surface area contributed by atoms with E-state index >= 15 is 0 Å². The lowest BCUT2D eigenvalue weighted by Crippen LogP contribution is -2.24. The highest BCUT2D eigenvalue weighted by atomic mass is 32.1. The Bertz CT molecular complexity index is 581. The highest BCUT2D eigenvalue weighted by molar-refractivity contribution is 7.09. The molecule has 0 spiro atoms. The van der Waals surface area contributed by atoms with Crippen LogP contribution in [0.1, 0.15) is 29.0 Å². The van der Waals surface area contributed by atoms with Crippen molar-refractivity contribution in [1.82, 2.24) is 10.3 Å². The Labute approximate surface area is 123 Å². The first-order valence-corrected chi connectivity index (χ1v) is 7.27. The molecule has 1 aromatic heterocycles. The van der Waals surface area contributed by atoms with Crippen molar-refractivity contribution in [3.8, 4) is 0 Å². The van der Waals surface area contributed by atoms with E-state index in [1.165, 1.54) is 11.3 Å². The summed E-state index contributed by atoms with van der Waals surface area (Å²) >= 11 is 1.39. The van der Waals surface area contributed by atoms with Crippen molar-refractivity contribution in [1.29, 1.82) is 0 Å². The lowest BCUT2D eigenvalue weighted by Gasteiger charge is -2.19. The van der Waals surface area contributed by atoms with Gasteiger partial charge in [0.2, 0.25) is 0 Å². The van der Waals surface area contributed by atoms with Crippen LogP contribution in [-0.2, 0) is 12.6 Å². The van der Waals surface area contributed by atoms with Gasteiger partial charge in [0.1, 0.15) is 5.82 Å². The van der Waals surface area contributed by atoms with Crippen molar-refractivity contribution in [3.63, 3.8) is 0 Å². The van der Waals surface area contributed by atoms with Crippen molar-refractivity contribution in [3.05, 3.63) is 51.7 Å². The average molecular weight is 318 g/mol. The summed E-state index contributed by atoms with van der Waals surface area (Å²) in [6, 6.07) is 1.99. The molecule has 1 aromatic carbocycles. The van der Waals surface area contributed by atoms with Crippen LogP contribution in [0.25, 0.3) is 0 Å². The molecule has 0 aliphatic heterocycles. The average Bonchev–Trinajstić information content (AvgIpc) is 2.90. The highest BCUT2D eigenvalue weighted by Gasteiger charge is 2.32. The van der Waals surface area contributed by atoms with Gasteiger partial charge in [-0.25, -0.2) is 4.39 Å². The molecule has 7 heteroatoms. The Morgan fingerprint density at radius 3 is 2.67 bits per heavy atom. The van der Waals surface area contributed by atoms with Gasteiger partial charge in [-0.1, -0.05) is 6.92 Å².